The molecule has 300 valence electrons. The first-order valence-corrected chi connectivity index (χ1v) is 19.6. The molecule has 0 radical (unpaired) electrons. The van der Waals surface area contributed by atoms with Crippen LogP contribution < -0.4 is 10.6 Å². The summed E-state index contributed by atoms with van der Waals surface area (Å²) in [7, 11) is 2.98. The van der Waals surface area contributed by atoms with Crippen molar-refractivity contribution in [2.45, 2.75) is 104 Å². The van der Waals surface area contributed by atoms with Gasteiger partial charge in [0.05, 0.1) is 31.0 Å². The highest BCUT2D eigenvalue weighted by Crippen LogP contribution is 2.30. The molecule has 1 aromatic heterocycles. The van der Waals surface area contributed by atoms with E-state index in [1.54, 1.807) is 37.7 Å². The number of methoxy groups -OCH3 is 1. The molecule has 0 saturated carbocycles. The number of benzene rings is 2. The van der Waals surface area contributed by atoms with Crippen LogP contribution in [0.5, 0.6) is 0 Å². The Morgan fingerprint density at radius 2 is 1.51 bits per heavy atom. The fraction of sp³-hybridized carbons (Fsp3) is 0.537. The lowest BCUT2D eigenvalue weighted by Gasteiger charge is -2.38. The first kappa shape index (κ1) is 43.2. The lowest BCUT2D eigenvalue weighted by Crippen LogP contribution is -2.59. The van der Waals surface area contributed by atoms with Crippen molar-refractivity contribution in [3.05, 3.63) is 87.9 Å². The summed E-state index contributed by atoms with van der Waals surface area (Å²) in [6, 6.07) is 15.5. The smallest absolute Gasteiger partial charge is 0.407 e. The molecule has 2 aromatic carbocycles. The number of carboxylic acid groups (broad SMARTS) is 1. The van der Waals surface area contributed by atoms with E-state index in [0.717, 1.165) is 26.7 Å². The molecule has 5 unspecified atom stereocenters. The van der Waals surface area contributed by atoms with Crippen molar-refractivity contribution in [3.8, 4) is 0 Å². The van der Waals surface area contributed by atoms with Crippen LogP contribution in [0.25, 0.3) is 0 Å². The standard InChI is InChI=1S/C41H58N6O7S/c1-40(2,3)34(45(7)39(52)53)36(49)43-29(21-27-15-11-9-12-16-27)23-32(48)31(22-28-17-13-10-14-18-28)44-37(50)35(41(4,5)6)47-20-19-46(38(47)51)24-30-26-55-33(42-30)25-54-8/h9-18,26,29,31-32,34-35,48H,19-25H2,1-8H3,(H,43,49)(H,44,50)(H,52,53). The fourth-order valence-corrected chi connectivity index (χ4v) is 8.05. The quantitative estimate of drug-likeness (QED) is 0.146. The molecule has 5 atom stereocenters. The van der Waals surface area contributed by atoms with Crippen LogP contribution in [0.1, 0.15) is 69.8 Å². The van der Waals surface area contributed by atoms with Gasteiger partial charge in [-0.2, -0.15) is 0 Å². The molecule has 14 heteroatoms. The van der Waals surface area contributed by atoms with E-state index in [4.69, 9.17) is 4.74 Å². The van der Waals surface area contributed by atoms with Gasteiger partial charge in [0.1, 0.15) is 17.1 Å². The Hall–Kier alpha value is -4.53. The Balaban J connectivity index is 1.60. The predicted octanol–water partition coefficient (Wildman–Crippen LogP) is 5.17. The minimum atomic E-state index is -1.23. The van der Waals surface area contributed by atoms with E-state index in [1.807, 2.05) is 86.8 Å². The number of carbonyl (C=O) groups excluding carboxylic acids is 3. The Labute approximate surface area is 329 Å². The number of likely N-dealkylation sites (N-methyl/N-ethyl adjacent to an activating group) is 1. The van der Waals surface area contributed by atoms with Gasteiger partial charge in [-0.1, -0.05) is 102 Å². The second-order valence-corrected chi connectivity index (χ2v) is 17.4. The van der Waals surface area contributed by atoms with Crippen LogP contribution in [-0.4, -0.2) is 111 Å². The van der Waals surface area contributed by atoms with Crippen LogP contribution in [0.15, 0.2) is 66.0 Å². The van der Waals surface area contributed by atoms with Crippen LogP contribution >= 0.6 is 11.3 Å². The van der Waals surface area contributed by atoms with E-state index in [0.29, 0.717) is 32.7 Å². The lowest BCUT2D eigenvalue weighted by molar-refractivity contribution is -0.131. The van der Waals surface area contributed by atoms with Gasteiger partial charge in [-0.25, -0.2) is 14.6 Å². The van der Waals surface area contributed by atoms with Crippen molar-refractivity contribution in [1.29, 1.82) is 0 Å². The van der Waals surface area contributed by atoms with E-state index in [1.165, 1.54) is 18.4 Å². The molecule has 4 rings (SSSR count). The molecule has 1 aliphatic heterocycles. The summed E-state index contributed by atoms with van der Waals surface area (Å²) in [4.78, 5) is 63.1. The Morgan fingerprint density at radius 1 is 0.909 bits per heavy atom. The number of aliphatic hydroxyl groups is 1. The summed E-state index contributed by atoms with van der Waals surface area (Å²) in [5.74, 6) is -0.870. The zero-order chi connectivity index (χ0) is 40.5. The van der Waals surface area contributed by atoms with Crippen LogP contribution in [0, 0.1) is 10.8 Å². The zero-order valence-corrected chi connectivity index (χ0v) is 34.1. The number of carbonyl (C=O) groups is 4. The van der Waals surface area contributed by atoms with Gasteiger partial charge >= 0.3 is 12.1 Å². The maximum atomic E-state index is 14.5. The number of thiazole rings is 1. The number of nitrogens with one attached hydrogen (secondary N) is 2. The monoisotopic (exact) mass is 778 g/mol. The molecule has 0 bridgehead atoms. The number of aliphatic hydroxyl groups excluding tert-OH is 1. The SMILES string of the molecule is COCc1nc(CN2CCN(C(C(=O)NC(Cc3ccccc3)C(O)CC(Cc3ccccc3)NC(=O)C(N(C)C(=O)O)C(C)(C)C)C(C)(C)C)C2=O)cs1. The highest BCUT2D eigenvalue weighted by atomic mass is 32.1. The minimum Gasteiger partial charge on any atom is -0.465 e. The topological polar surface area (TPSA) is 165 Å². The summed E-state index contributed by atoms with van der Waals surface area (Å²) in [5, 5.41) is 30.8. The molecule has 1 aliphatic rings. The second kappa shape index (κ2) is 18.9. The fourth-order valence-electron chi connectivity index (χ4n) is 7.30. The molecule has 3 aromatic rings. The predicted molar refractivity (Wildman–Crippen MR) is 212 cm³/mol. The van der Waals surface area contributed by atoms with E-state index >= 15 is 0 Å². The molecule has 4 N–H and O–H groups in total. The van der Waals surface area contributed by atoms with E-state index < -0.39 is 59.0 Å². The maximum absolute atomic E-state index is 14.5. The van der Waals surface area contributed by atoms with Gasteiger partial charge < -0.3 is 35.4 Å². The van der Waals surface area contributed by atoms with Crippen LogP contribution in [0.2, 0.25) is 0 Å². The first-order valence-electron chi connectivity index (χ1n) is 18.7. The number of hydrogen-bond acceptors (Lipinski definition) is 8. The van der Waals surface area contributed by atoms with Crippen molar-refractivity contribution in [3.63, 3.8) is 0 Å². The number of ether oxygens (including phenoxy) is 1. The Morgan fingerprint density at radius 3 is 2.05 bits per heavy atom. The number of nitrogens with zero attached hydrogens (tertiary/aromatic N) is 4. The summed E-state index contributed by atoms with van der Waals surface area (Å²) < 4.78 is 5.19. The number of hydrogen-bond donors (Lipinski definition) is 4. The zero-order valence-electron chi connectivity index (χ0n) is 33.3. The summed E-state index contributed by atoms with van der Waals surface area (Å²) in [6.07, 6.45) is -1.66. The molecule has 1 fully saturated rings. The number of rotatable bonds is 17. The van der Waals surface area contributed by atoms with E-state index in [2.05, 4.69) is 15.6 Å². The Bertz CT molecular complexity index is 1730. The van der Waals surface area contributed by atoms with Crippen molar-refractivity contribution in [1.82, 2.24) is 30.3 Å². The van der Waals surface area contributed by atoms with Gasteiger partial charge in [0.25, 0.3) is 0 Å². The Kier molecular flexibility index (Phi) is 14.8. The van der Waals surface area contributed by atoms with Crippen LogP contribution in [0.3, 0.4) is 0 Å². The summed E-state index contributed by atoms with van der Waals surface area (Å²) in [5.41, 5.74) is 1.18. The van der Waals surface area contributed by atoms with Gasteiger partial charge in [0.2, 0.25) is 11.8 Å². The number of aromatic nitrogens is 1. The molecule has 2 heterocycles. The van der Waals surface area contributed by atoms with Gasteiger partial charge in [-0.05, 0) is 41.2 Å². The van der Waals surface area contributed by atoms with Crippen LogP contribution in [-0.2, 0) is 40.3 Å². The van der Waals surface area contributed by atoms with Crippen molar-refractivity contribution < 1.29 is 34.1 Å². The molecule has 13 nitrogen and oxygen atoms in total. The van der Waals surface area contributed by atoms with Gasteiger partial charge in [0.15, 0.2) is 0 Å². The molecular formula is C41H58N6O7S. The minimum absolute atomic E-state index is 0.0569. The highest BCUT2D eigenvalue weighted by Gasteiger charge is 2.45. The first-order chi connectivity index (χ1) is 25.9. The van der Waals surface area contributed by atoms with E-state index in [9.17, 15) is 29.4 Å². The molecule has 1 saturated heterocycles. The second-order valence-electron chi connectivity index (χ2n) is 16.5. The van der Waals surface area contributed by atoms with Gasteiger partial charge in [0, 0.05) is 38.7 Å². The molecule has 0 spiro atoms. The van der Waals surface area contributed by atoms with Crippen molar-refractivity contribution >= 4 is 35.3 Å². The van der Waals surface area contributed by atoms with Crippen molar-refractivity contribution in [2.24, 2.45) is 10.8 Å². The highest BCUT2D eigenvalue weighted by molar-refractivity contribution is 7.09. The summed E-state index contributed by atoms with van der Waals surface area (Å²) >= 11 is 1.47. The average molecular weight is 779 g/mol. The third-order valence-electron chi connectivity index (χ3n) is 9.77. The number of urea groups is 1. The van der Waals surface area contributed by atoms with Gasteiger partial charge in [-0.3, -0.25) is 14.5 Å². The third kappa shape index (κ3) is 12.0. The molecular weight excluding hydrogens is 721 g/mol. The van der Waals surface area contributed by atoms with E-state index in [-0.39, 0.29) is 18.9 Å². The molecule has 55 heavy (non-hydrogen) atoms. The molecule has 5 amide bonds. The third-order valence-corrected chi connectivity index (χ3v) is 10.6. The van der Waals surface area contributed by atoms with Crippen molar-refractivity contribution in [2.75, 3.05) is 27.2 Å². The van der Waals surface area contributed by atoms with Gasteiger partial charge in [-0.15, -0.1) is 11.3 Å². The summed E-state index contributed by atoms with van der Waals surface area (Å²) in [6.45, 7) is 12.6. The largest absolute Gasteiger partial charge is 0.465 e. The maximum Gasteiger partial charge on any atom is 0.407 e. The lowest BCUT2D eigenvalue weighted by atomic mass is 9.84. The average Bonchev–Trinajstić information content (AvgIpc) is 3.69. The molecule has 0 aliphatic carbocycles. The van der Waals surface area contributed by atoms with Crippen LogP contribution in [0.4, 0.5) is 9.59 Å². The normalized spacial score (nSPS) is 16.3. The number of amides is 5.